The molecule has 3 atom stereocenters. The number of likely N-dealkylation sites (N-methyl/N-ethyl adjacent to an activating group) is 1. The van der Waals surface area contributed by atoms with Gasteiger partial charge < -0.3 is 0 Å². The molecule has 0 aromatic carbocycles. The van der Waals surface area contributed by atoms with Gasteiger partial charge in [0.15, 0.2) is 0 Å². The third-order valence-corrected chi connectivity index (χ3v) is 3.59. The number of carbonyl (C=O) groups excluding carboxylic acids is 1. The molecule has 0 aromatic rings. The summed E-state index contributed by atoms with van der Waals surface area (Å²) in [4.78, 5) is 15.9. The summed E-state index contributed by atoms with van der Waals surface area (Å²) in [6.45, 7) is 10.5. The van der Waals surface area contributed by atoms with Crippen LogP contribution >= 0.6 is 0 Å². The van der Waals surface area contributed by atoms with Crippen LogP contribution in [0, 0.1) is 0 Å². The monoisotopic (exact) mass is 212 g/mol. The van der Waals surface area contributed by atoms with Crippen LogP contribution in [0.15, 0.2) is 0 Å². The molecule has 15 heavy (non-hydrogen) atoms. The van der Waals surface area contributed by atoms with Crippen molar-refractivity contribution in [1.29, 1.82) is 0 Å². The van der Waals surface area contributed by atoms with Crippen LogP contribution in [0.5, 0.6) is 0 Å². The molecule has 1 aliphatic heterocycles. The highest BCUT2D eigenvalue weighted by molar-refractivity contribution is 5.76. The number of nitrogens with zero attached hydrogens (tertiary/aromatic N) is 2. The molecule has 0 bridgehead atoms. The molecule has 1 heterocycles. The molecule has 0 radical (unpaired) electrons. The van der Waals surface area contributed by atoms with Crippen molar-refractivity contribution in [2.24, 2.45) is 0 Å². The SMILES string of the molecule is CC(=O)CC(C)N1CC(C)N(C)C(C)C1. The maximum Gasteiger partial charge on any atom is 0.131 e. The van der Waals surface area contributed by atoms with E-state index in [2.05, 4.69) is 37.6 Å². The fourth-order valence-electron chi connectivity index (χ4n) is 2.35. The molecule has 1 fully saturated rings. The minimum atomic E-state index is 0.293. The van der Waals surface area contributed by atoms with E-state index in [0.717, 1.165) is 13.1 Å². The van der Waals surface area contributed by atoms with Crippen LogP contribution < -0.4 is 0 Å². The average molecular weight is 212 g/mol. The second kappa shape index (κ2) is 5.08. The Kier molecular flexibility index (Phi) is 4.29. The molecule has 0 aromatic heterocycles. The minimum Gasteiger partial charge on any atom is -0.300 e. The first-order chi connectivity index (χ1) is 6.91. The molecule has 1 rings (SSSR count). The predicted molar refractivity (Wildman–Crippen MR) is 63.0 cm³/mol. The normalized spacial score (nSPS) is 31.5. The van der Waals surface area contributed by atoms with Crippen LogP contribution in [-0.4, -0.2) is 53.8 Å². The molecule has 3 heteroatoms. The van der Waals surface area contributed by atoms with Crippen LogP contribution in [0.3, 0.4) is 0 Å². The molecule has 1 saturated heterocycles. The topological polar surface area (TPSA) is 23.6 Å². The summed E-state index contributed by atoms with van der Waals surface area (Å²) in [5, 5.41) is 0. The van der Waals surface area contributed by atoms with Gasteiger partial charge in [0.2, 0.25) is 0 Å². The third-order valence-electron chi connectivity index (χ3n) is 3.59. The van der Waals surface area contributed by atoms with Gasteiger partial charge in [-0.15, -0.1) is 0 Å². The second-order valence-corrected chi connectivity index (χ2v) is 5.07. The Balaban J connectivity index is 2.53. The van der Waals surface area contributed by atoms with E-state index in [1.165, 1.54) is 0 Å². The summed E-state index contributed by atoms with van der Waals surface area (Å²) in [6, 6.07) is 1.56. The fraction of sp³-hybridized carbons (Fsp3) is 0.917. The third kappa shape index (κ3) is 3.28. The molecule has 1 aliphatic rings. The predicted octanol–water partition coefficient (Wildman–Crippen LogP) is 1.38. The van der Waals surface area contributed by atoms with Gasteiger partial charge >= 0.3 is 0 Å². The lowest BCUT2D eigenvalue weighted by molar-refractivity contribution is -0.118. The van der Waals surface area contributed by atoms with E-state index < -0.39 is 0 Å². The van der Waals surface area contributed by atoms with Crippen molar-refractivity contribution < 1.29 is 4.79 Å². The van der Waals surface area contributed by atoms with Gasteiger partial charge in [-0.1, -0.05) is 0 Å². The summed E-state index contributed by atoms with van der Waals surface area (Å²) >= 11 is 0. The van der Waals surface area contributed by atoms with Crippen LogP contribution in [0.2, 0.25) is 0 Å². The van der Waals surface area contributed by atoms with Crippen molar-refractivity contribution in [3.8, 4) is 0 Å². The summed E-state index contributed by atoms with van der Waals surface area (Å²) in [5.74, 6) is 0.293. The van der Waals surface area contributed by atoms with Gasteiger partial charge in [0.25, 0.3) is 0 Å². The van der Waals surface area contributed by atoms with E-state index in [4.69, 9.17) is 0 Å². The van der Waals surface area contributed by atoms with Crippen LogP contribution in [0.4, 0.5) is 0 Å². The summed E-state index contributed by atoms with van der Waals surface area (Å²) in [7, 11) is 2.18. The number of carbonyl (C=O) groups is 1. The maximum absolute atomic E-state index is 11.1. The van der Waals surface area contributed by atoms with E-state index in [0.29, 0.717) is 30.3 Å². The zero-order valence-electron chi connectivity index (χ0n) is 10.7. The Hall–Kier alpha value is -0.410. The van der Waals surface area contributed by atoms with Gasteiger partial charge in [-0.3, -0.25) is 14.6 Å². The Morgan fingerprint density at radius 3 is 2.20 bits per heavy atom. The van der Waals surface area contributed by atoms with Gasteiger partial charge in [0, 0.05) is 37.6 Å². The highest BCUT2D eigenvalue weighted by atomic mass is 16.1. The summed E-state index contributed by atoms with van der Waals surface area (Å²) in [6.07, 6.45) is 0.684. The van der Waals surface area contributed by atoms with E-state index in [1.807, 2.05) is 0 Å². The highest BCUT2D eigenvalue weighted by Gasteiger charge is 2.29. The van der Waals surface area contributed by atoms with Gasteiger partial charge in [-0.05, 0) is 34.7 Å². The van der Waals surface area contributed by atoms with Crippen LogP contribution in [0.25, 0.3) is 0 Å². The number of ketones is 1. The van der Waals surface area contributed by atoms with Gasteiger partial charge in [0.1, 0.15) is 5.78 Å². The van der Waals surface area contributed by atoms with Crippen molar-refractivity contribution in [1.82, 2.24) is 9.80 Å². The van der Waals surface area contributed by atoms with E-state index >= 15 is 0 Å². The van der Waals surface area contributed by atoms with Crippen LogP contribution in [0.1, 0.15) is 34.1 Å². The van der Waals surface area contributed by atoms with Crippen molar-refractivity contribution in [3.05, 3.63) is 0 Å². The van der Waals surface area contributed by atoms with Crippen molar-refractivity contribution in [2.45, 2.75) is 52.2 Å². The molecular weight excluding hydrogens is 188 g/mol. The molecule has 0 spiro atoms. The first kappa shape index (κ1) is 12.7. The average Bonchev–Trinajstić information content (AvgIpc) is 2.12. The van der Waals surface area contributed by atoms with Gasteiger partial charge in [-0.25, -0.2) is 0 Å². The molecule has 3 unspecified atom stereocenters. The Morgan fingerprint density at radius 2 is 1.80 bits per heavy atom. The number of piperazine rings is 1. The second-order valence-electron chi connectivity index (χ2n) is 5.07. The van der Waals surface area contributed by atoms with Crippen molar-refractivity contribution in [2.75, 3.05) is 20.1 Å². The molecule has 0 amide bonds. The Bertz CT molecular complexity index is 218. The molecular formula is C12H24N2O. The molecule has 3 nitrogen and oxygen atoms in total. The number of Topliss-reactive ketones (excluding diaryl/α,β-unsaturated/α-hetero) is 1. The zero-order chi connectivity index (χ0) is 11.6. The van der Waals surface area contributed by atoms with Crippen molar-refractivity contribution >= 4 is 5.78 Å². The fourth-order valence-corrected chi connectivity index (χ4v) is 2.35. The lowest BCUT2D eigenvalue weighted by atomic mass is 10.0. The standard InChI is InChI=1S/C12H24N2O/c1-9(6-12(4)15)14-7-10(2)13(5)11(3)8-14/h9-11H,6-8H2,1-5H3. The first-order valence-corrected chi connectivity index (χ1v) is 5.87. The molecule has 88 valence electrons. The smallest absolute Gasteiger partial charge is 0.131 e. The van der Waals surface area contributed by atoms with Crippen LogP contribution in [-0.2, 0) is 4.79 Å². The Morgan fingerprint density at radius 1 is 1.33 bits per heavy atom. The quantitative estimate of drug-likeness (QED) is 0.706. The van der Waals surface area contributed by atoms with E-state index in [-0.39, 0.29) is 0 Å². The maximum atomic E-state index is 11.1. The Labute approximate surface area is 93.4 Å². The summed E-state index contributed by atoms with van der Waals surface area (Å²) in [5.41, 5.74) is 0. The first-order valence-electron chi connectivity index (χ1n) is 5.87. The highest BCUT2D eigenvalue weighted by Crippen LogP contribution is 2.17. The van der Waals surface area contributed by atoms with E-state index in [1.54, 1.807) is 6.92 Å². The van der Waals surface area contributed by atoms with E-state index in [9.17, 15) is 4.79 Å². The van der Waals surface area contributed by atoms with Gasteiger partial charge in [-0.2, -0.15) is 0 Å². The molecule has 0 aliphatic carbocycles. The summed E-state index contributed by atoms with van der Waals surface area (Å²) < 4.78 is 0. The lowest BCUT2D eigenvalue weighted by Gasteiger charge is -2.44. The number of hydrogen-bond acceptors (Lipinski definition) is 3. The van der Waals surface area contributed by atoms with Gasteiger partial charge in [0.05, 0.1) is 0 Å². The molecule has 0 N–H and O–H groups in total. The lowest BCUT2D eigenvalue weighted by Crippen LogP contribution is -2.57. The number of hydrogen-bond donors (Lipinski definition) is 0. The number of rotatable bonds is 3. The minimum absolute atomic E-state index is 0.293. The zero-order valence-corrected chi connectivity index (χ0v) is 10.7. The van der Waals surface area contributed by atoms with Crippen molar-refractivity contribution in [3.63, 3.8) is 0 Å². The molecule has 0 saturated carbocycles. The largest absolute Gasteiger partial charge is 0.300 e.